The van der Waals surface area contributed by atoms with E-state index in [9.17, 15) is 0 Å². The van der Waals surface area contributed by atoms with E-state index in [0.29, 0.717) is 0 Å². The predicted octanol–water partition coefficient (Wildman–Crippen LogP) is 2.59. The Hall–Kier alpha value is -2.21. The fourth-order valence-electron chi connectivity index (χ4n) is 1.77. The largest absolute Gasteiger partial charge is 0.399 e. The lowest BCUT2D eigenvalue weighted by atomic mass is 10.1. The van der Waals surface area contributed by atoms with Gasteiger partial charge < -0.3 is 5.73 Å². The zero-order valence-corrected chi connectivity index (χ0v) is 11.5. The zero-order valence-electron chi connectivity index (χ0n) is 10.7. The fourth-order valence-corrected chi connectivity index (χ4v) is 2.64. The maximum absolute atomic E-state index is 5.70. The highest BCUT2D eigenvalue weighted by molar-refractivity contribution is 7.14. The third-order valence-electron chi connectivity index (χ3n) is 2.95. The molecule has 3 aromatic rings. The molecule has 2 aromatic heterocycles. The molecule has 6 heteroatoms. The maximum Gasteiger partial charge on any atom is 0.212 e. The van der Waals surface area contributed by atoms with Crippen LogP contribution in [0.2, 0.25) is 0 Å². The van der Waals surface area contributed by atoms with Crippen LogP contribution in [-0.2, 0) is 0 Å². The molecule has 0 unspecified atom stereocenters. The lowest BCUT2D eigenvalue weighted by Gasteiger charge is -2.03. The summed E-state index contributed by atoms with van der Waals surface area (Å²) >= 11 is 1.61. The van der Waals surface area contributed by atoms with Crippen LogP contribution in [0.4, 0.5) is 5.69 Å². The summed E-state index contributed by atoms with van der Waals surface area (Å²) in [6.45, 7) is 4.05. The first-order valence-electron chi connectivity index (χ1n) is 5.86. The first-order chi connectivity index (χ1) is 9.15. The van der Waals surface area contributed by atoms with Gasteiger partial charge in [0.05, 0.1) is 17.6 Å². The third-order valence-corrected chi connectivity index (χ3v) is 4.00. The van der Waals surface area contributed by atoms with Gasteiger partial charge in [-0.25, -0.2) is 4.98 Å². The molecule has 3 rings (SSSR count). The normalized spacial score (nSPS) is 10.8. The Morgan fingerprint density at radius 2 is 1.89 bits per heavy atom. The standard InChI is InChI=1S/C13H13N5S/c1-8-9(2)19-13(16-8)18-12(7-15-17-18)10-3-5-11(14)6-4-10/h3-7H,14H2,1-2H3. The summed E-state index contributed by atoms with van der Waals surface area (Å²) in [5.74, 6) is 0. The molecule has 0 aliphatic rings. The Balaban J connectivity index is 2.10. The van der Waals surface area contributed by atoms with Crippen molar-refractivity contribution in [2.24, 2.45) is 0 Å². The van der Waals surface area contributed by atoms with Crippen LogP contribution in [0.25, 0.3) is 16.4 Å². The highest BCUT2D eigenvalue weighted by atomic mass is 32.1. The highest BCUT2D eigenvalue weighted by Gasteiger charge is 2.12. The number of nitrogens with zero attached hydrogens (tertiary/aromatic N) is 4. The molecule has 0 radical (unpaired) electrons. The maximum atomic E-state index is 5.70. The van der Waals surface area contributed by atoms with E-state index in [4.69, 9.17) is 5.73 Å². The number of aryl methyl sites for hydroxylation is 2. The summed E-state index contributed by atoms with van der Waals surface area (Å²) in [7, 11) is 0. The molecule has 0 spiro atoms. The van der Waals surface area contributed by atoms with Crippen LogP contribution in [0.3, 0.4) is 0 Å². The monoisotopic (exact) mass is 271 g/mol. The third kappa shape index (κ3) is 2.10. The minimum Gasteiger partial charge on any atom is -0.399 e. The van der Waals surface area contributed by atoms with Crippen molar-refractivity contribution in [1.29, 1.82) is 0 Å². The van der Waals surface area contributed by atoms with Crippen LogP contribution in [0.5, 0.6) is 0 Å². The van der Waals surface area contributed by atoms with Gasteiger partial charge in [0.25, 0.3) is 0 Å². The molecule has 0 bridgehead atoms. The lowest BCUT2D eigenvalue weighted by Crippen LogP contribution is -1.98. The van der Waals surface area contributed by atoms with E-state index in [2.05, 4.69) is 22.2 Å². The average Bonchev–Trinajstić information content (AvgIpc) is 2.98. The topological polar surface area (TPSA) is 69.6 Å². The van der Waals surface area contributed by atoms with Crippen LogP contribution >= 0.6 is 11.3 Å². The van der Waals surface area contributed by atoms with Crippen molar-refractivity contribution < 1.29 is 0 Å². The van der Waals surface area contributed by atoms with Gasteiger partial charge in [0, 0.05) is 16.1 Å². The molecule has 96 valence electrons. The van der Waals surface area contributed by atoms with Gasteiger partial charge in [-0.2, -0.15) is 4.68 Å². The van der Waals surface area contributed by atoms with Crippen molar-refractivity contribution in [3.05, 3.63) is 41.0 Å². The van der Waals surface area contributed by atoms with Crippen LogP contribution in [0.1, 0.15) is 10.6 Å². The Morgan fingerprint density at radius 1 is 1.16 bits per heavy atom. The number of thiazole rings is 1. The van der Waals surface area contributed by atoms with Gasteiger partial charge in [0.15, 0.2) is 0 Å². The number of nitrogens with two attached hydrogens (primary N) is 1. The number of hydrogen-bond acceptors (Lipinski definition) is 5. The van der Waals surface area contributed by atoms with E-state index < -0.39 is 0 Å². The zero-order chi connectivity index (χ0) is 13.4. The molecule has 0 aliphatic heterocycles. The second-order valence-corrected chi connectivity index (χ2v) is 5.47. The first kappa shape index (κ1) is 11.9. The van der Waals surface area contributed by atoms with Gasteiger partial charge in [-0.3, -0.25) is 0 Å². The molecule has 0 atom stereocenters. The van der Waals surface area contributed by atoms with Crippen molar-refractivity contribution in [1.82, 2.24) is 20.0 Å². The van der Waals surface area contributed by atoms with Crippen LogP contribution < -0.4 is 5.73 Å². The van der Waals surface area contributed by atoms with Gasteiger partial charge in [-0.05, 0) is 26.0 Å². The smallest absolute Gasteiger partial charge is 0.212 e. The molecule has 1 aromatic carbocycles. The van der Waals surface area contributed by atoms with Crippen molar-refractivity contribution in [2.45, 2.75) is 13.8 Å². The van der Waals surface area contributed by atoms with Crippen LogP contribution in [0.15, 0.2) is 30.5 Å². The predicted molar refractivity (Wildman–Crippen MR) is 76.4 cm³/mol. The SMILES string of the molecule is Cc1nc(-n2nncc2-c2ccc(N)cc2)sc1C. The van der Waals surface area contributed by atoms with E-state index in [1.54, 1.807) is 22.2 Å². The number of nitrogen functional groups attached to an aromatic ring is 1. The summed E-state index contributed by atoms with van der Waals surface area (Å²) < 4.78 is 1.76. The molecular formula is C13H13N5S. The van der Waals surface area contributed by atoms with E-state index >= 15 is 0 Å². The molecule has 0 amide bonds. The summed E-state index contributed by atoms with van der Waals surface area (Å²) in [5.41, 5.74) is 9.40. The van der Waals surface area contributed by atoms with Crippen molar-refractivity contribution in [3.8, 4) is 16.4 Å². The van der Waals surface area contributed by atoms with Crippen molar-refractivity contribution >= 4 is 17.0 Å². The van der Waals surface area contributed by atoms with Crippen LogP contribution in [0, 0.1) is 13.8 Å². The minimum absolute atomic E-state index is 0.740. The second kappa shape index (κ2) is 4.47. The van der Waals surface area contributed by atoms with E-state index in [0.717, 1.165) is 27.8 Å². The van der Waals surface area contributed by atoms with E-state index in [-0.39, 0.29) is 0 Å². The number of benzene rings is 1. The van der Waals surface area contributed by atoms with Crippen molar-refractivity contribution in [3.63, 3.8) is 0 Å². The van der Waals surface area contributed by atoms with Crippen molar-refractivity contribution in [2.75, 3.05) is 5.73 Å². The van der Waals surface area contributed by atoms with Gasteiger partial charge in [0.2, 0.25) is 5.13 Å². The average molecular weight is 271 g/mol. The molecule has 0 aliphatic carbocycles. The van der Waals surface area contributed by atoms with Gasteiger partial charge in [-0.1, -0.05) is 28.7 Å². The first-order valence-corrected chi connectivity index (χ1v) is 6.68. The quantitative estimate of drug-likeness (QED) is 0.727. The Kier molecular flexibility index (Phi) is 2.79. The molecule has 2 N–H and O–H groups in total. The summed E-state index contributed by atoms with van der Waals surface area (Å²) in [6, 6.07) is 7.64. The summed E-state index contributed by atoms with van der Waals surface area (Å²) in [6.07, 6.45) is 1.73. The molecular weight excluding hydrogens is 258 g/mol. The molecule has 0 fully saturated rings. The number of hydrogen-bond donors (Lipinski definition) is 1. The number of rotatable bonds is 2. The molecule has 0 saturated carbocycles. The Bertz CT molecular complexity index is 691. The Labute approximate surface area is 114 Å². The Morgan fingerprint density at radius 3 is 2.53 bits per heavy atom. The molecule has 0 saturated heterocycles. The molecule has 5 nitrogen and oxygen atoms in total. The van der Waals surface area contributed by atoms with Gasteiger partial charge >= 0.3 is 0 Å². The summed E-state index contributed by atoms with van der Waals surface area (Å²) in [4.78, 5) is 5.70. The number of aromatic nitrogens is 4. The summed E-state index contributed by atoms with van der Waals surface area (Å²) in [5, 5.41) is 8.94. The molecule has 2 heterocycles. The van der Waals surface area contributed by atoms with E-state index in [1.807, 2.05) is 31.2 Å². The number of anilines is 1. The van der Waals surface area contributed by atoms with Gasteiger partial charge in [0.1, 0.15) is 0 Å². The minimum atomic E-state index is 0.740. The van der Waals surface area contributed by atoms with Gasteiger partial charge in [-0.15, -0.1) is 5.10 Å². The fraction of sp³-hybridized carbons (Fsp3) is 0.154. The van der Waals surface area contributed by atoms with Crippen LogP contribution in [-0.4, -0.2) is 20.0 Å². The van der Waals surface area contributed by atoms with E-state index in [1.165, 1.54) is 4.88 Å². The second-order valence-electron chi connectivity index (χ2n) is 4.29. The molecule has 19 heavy (non-hydrogen) atoms. The lowest BCUT2D eigenvalue weighted by molar-refractivity contribution is 0.799. The highest BCUT2D eigenvalue weighted by Crippen LogP contribution is 2.26.